The normalized spacial score (nSPS) is 14.4. The standard InChI is InChI=1S/C14H20ClNO4S/c1-11(9-15)10-21(18,19)16-13(14(17)20-2)8-12-6-4-3-5-7-12/h3-7,11,13,16H,8-10H2,1-2H3. The molecule has 0 spiro atoms. The monoisotopic (exact) mass is 333 g/mol. The molecule has 0 heterocycles. The lowest BCUT2D eigenvalue weighted by molar-refractivity contribution is -0.142. The molecular formula is C14H20ClNO4S. The first kappa shape index (κ1) is 17.9. The van der Waals surface area contributed by atoms with Crippen LogP contribution in [-0.4, -0.2) is 39.2 Å². The van der Waals surface area contributed by atoms with Gasteiger partial charge in [-0.1, -0.05) is 37.3 Å². The molecule has 1 rings (SSSR count). The molecule has 2 atom stereocenters. The van der Waals surface area contributed by atoms with Gasteiger partial charge >= 0.3 is 5.97 Å². The number of carbonyl (C=O) groups is 1. The van der Waals surface area contributed by atoms with Crippen LogP contribution in [0.5, 0.6) is 0 Å². The summed E-state index contributed by atoms with van der Waals surface area (Å²) >= 11 is 5.63. The fourth-order valence-electron chi connectivity index (χ4n) is 1.85. The van der Waals surface area contributed by atoms with Gasteiger partial charge < -0.3 is 4.74 Å². The van der Waals surface area contributed by atoms with Gasteiger partial charge in [0.2, 0.25) is 10.0 Å². The number of methoxy groups -OCH3 is 1. The minimum absolute atomic E-state index is 0.126. The van der Waals surface area contributed by atoms with E-state index in [1.165, 1.54) is 7.11 Å². The number of esters is 1. The number of hydrogen-bond acceptors (Lipinski definition) is 4. The highest BCUT2D eigenvalue weighted by Gasteiger charge is 2.26. The molecule has 1 aromatic carbocycles. The van der Waals surface area contributed by atoms with Crippen molar-refractivity contribution in [3.8, 4) is 0 Å². The fourth-order valence-corrected chi connectivity index (χ4v) is 3.66. The largest absolute Gasteiger partial charge is 0.468 e. The Balaban J connectivity index is 2.82. The zero-order chi connectivity index (χ0) is 15.9. The summed E-state index contributed by atoms with van der Waals surface area (Å²) in [5, 5.41) is 0. The van der Waals surface area contributed by atoms with Gasteiger partial charge in [0.05, 0.1) is 12.9 Å². The fraction of sp³-hybridized carbons (Fsp3) is 0.500. The highest BCUT2D eigenvalue weighted by molar-refractivity contribution is 7.89. The van der Waals surface area contributed by atoms with Gasteiger partial charge in [0.15, 0.2) is 0 Å². The van der Waals surface area contributed by atoms with Gasteiger partial charge in [0, 0.05) is 5.88 Å². The number of carbonyl (C=O) groups excluding carboxylic acids is 1. The highest BCUT2D eigenvalue weighted by atomic mass is 35.5. The van der Waals surface area contributed by atoms with E-state index in [1.54, 1.807) is 6.92 Å². The van der Waals surface area contributed by atoms with Crippen molar-refractivity contribution < 1.29 is 17.9 Å². The van der Waals surface area contributed by atoms with Crippen molar-refractivity contribution in [2.24, 2.45) is 5.92 Å². The predicted molar refractivity (Wildman–Crippen MR) is 82.8 cm³/mol. The van der Waals surface area contributed by atoms with Crippen LogP contribution in [-0.2, 0) is 26.0 Å². The first-order chi connectivity index (χ1) is 9.88. The summed E-state index contributed by atoms with van der Waals surface area (Å²) in [4.78, 5) is 11.8. The van der Waals surface area contributed by atoms with Crippen LogP contribution in [0.3, 0.4) is 0 Å². The summed E-state index contributed by atoms with van der Waals surface area (Å²) in [7, 11) is -2.37. The molecule has 21 heavy (non-hydrogen) atoms. The Bertz CT molecular complexity index is 547. The van der Waals surface area contributed by atoms with Crippen molar-refractivity contribution in [2.75, 3.05) is 18.7 Å². The summed E-state index contributed by atoms with van der Waals surface area (Å²) in [6.07, 6.45) is 0.238. The number of ether oxygens (including phenoxy) is 1. The predicted octanol–water partition coefficient (Wildman–Crippen LogP) is 1.56. The number of halogens is 1. The molecule has 1 N–H and O–H groups in total. The SMILES string of the molecule is COC(=O)C(Cc1ccccc1)NS(=O)(=O)CC(C)CCl. The molecule has 0 aliphatic heterocycles. The minimum Gasteiger partial charge on any atom is -0.468 e. The van der Waals surface area contributed by atoms with E-state index in [4.69, 9.17) is 11.6 Å². The van der Waals surface area contributed by atoms with Crippen LogP contribution < -0.4 is 4.72 Å². The number of alkyl halides is 1. The molecule has 0 aliphatic rings. The summed E-state index contributed by atoms with van der Waals surface area (Å²) in [5.41, 5.74) is 0.848. The van der Waals surface area contributed by atoms with Crippen molar-refractivity contribution >= 4 is 27.6 Å². The van der Waals surface area contributed by atoms with E-state index < -0.39 is 22.0 Å². The van der Waals surface area contributed by atoms with Crippen molar-refractivity contribution in [3.05, 3.63) is 35.9 Å². The number of benzene rings is 1. The van der Waals surface area contributed by atoms with Gasteiger partial charge in [0.25, 0.3) is 0 Å². The van der Waals surface area contributed by atoms with E-state index in [0.717, 1.165) is 5.56 Å². The number of rotatable bonds is 8. The van der Waals surface area contributed by atoms with Gasteiger partial charge in [-0.25, -0.2) is 13.1 Å². The number of sulfonamides is 1. The third-order valence-corrected chi connectivity index (χ3v) is 5.04. The first-order valence-corrected chi connectivity index (χ1v) is 8.74. The maximum absolute atomic E-state index is 12.0. The van der Waals surface area contributed by atoms with Crippen LogP contribution in [0.15, 0.2) is 30.3 Å². The molecule has 2 unspecified atom stereocenters. The average Bonchev–Trinajstić information content (AvgIpc) is 2.46. The average molecular weight is 334 g/mol. The van der Waals surface area contributed by atoms with E-state index in [-0.39, 0.29) is 24.0 Å². The van der Waals surface area contributed by atoms with E-state index in [2.05, 4.69) is 9.46 Å². The summed E-state index contributed by atoms with van der Waals surface area (Å²) in [6.45, 7) is 1.73. The Morgan fingerprint density at radius 2 is 1.95 bits per heavy atom. The number of hydrogen-bond donors (Lipinski definition) is 1. The molecule has 0 saturated heterocycles. The van der Waals surface area contributed by atoms with Gasteiger partial charge in [-0.05, 0) is 17.9 Å². The summed E-state index contributed by atoms with van der Waals surface area (Å²) < 4.78 is 31.2. The molecule has 0 aromatic heterocycles. The van der Waals surface area contributed by atoms with Crippen molar-refractivity contribution in [3.63, 3.8) is 0 Å². The molecule has 118 valence electrons. The molecule has 0 bridgehead atoms. The van der Waals surface area contributed by atoms with Crippen LogP contribution in [0.1, 0.15) is 12.5 Å². The van der Waals surface area contributed by atoms with Crippen molar-refractivity contribution in [2.45, 2.75) is 19.4 Å². The molecule has 5 nitrogen and oxygen atoms in total. The second-order valence-corrected chi connectivity index (χ2v) is 7.03. The molecule has 0 radical (unpaired) electrons. The molecule has 1 aromatic rings. The Hall–Kier alpha value is -1.11. The zero-order valence-corrected chi connectivity index (χ0v) is 13.7. The van der Waals surface area contributed by atoms with Gasteiger partial charge in [-0.2, -0.15) is 0 Å². The lowest BCUT2D eigenvalue weighted by Crippen LogP contribution is -2.44. The minimum atomic E-state index is -3.60. The highest BCUT2D eigenvalue weighted by Crippen LogP contribution is 2.08. The van der Waals surface area contributed by atoms with Gasteiger partial charge in [0.1, 0.15) is 6.04 Å². The molecular weight excluding hydrogens is 314 g/mol. The van der Waals surface area contributed by atoms with Crippen molar-refractivity contribution in [1.29, 1.82) is 0 Å². The quantitative estimate of drug-likeness (QED) is 0.579. The van der Waals surface area contributed by atoms with Crippen LogP contribution in [0.4, 0.5) is 0 Å². The van der Waals surface area contributed by atoms with E-state index in [1.807, 2.05) is 30.3 Å². The van der Waals surface area contributed by atoms with Gasteiger partial charge in [-0.15, -0.1) is 11.6 Å². The molecule has 0 aliphatic carbocycles. The molecule has 7 heteroatoms. The van der Waals surface area contributed by atoms with E-state index in [0.29, 0.717) is 0 Å². The zero-order valence-electron chi connectivity index (χ0n) is 12.1. The maximum atomic E-state index is 12.0. The summed E-state index contributed by atoms with van der Waals surface area (Å²) in [5.74, 6) is -0.693. The van der Waals surface area contributed by atoms with Crippen molar-refractivity contribution in [1.82, 2.24) is 4.72 Å². The number of nitrogens with one attached hydrogen (secondary N) is 1. The lowest BCUT2D eigenvalue weighted by atomic mass is 10.1. The second-order valence-electron chi connectivity index (χ2n) is 4.92. The Labute approximate surface area is 130 Å². The van der Waals surface area contributed by atoms with E-state index in [9.17, 15) is 13.2 Å². The summed E-state index contributed by atoms with van der Waals surface area (Å²) in [6, 6.07) is 8.21. The van der Waals surface area contributed by atoms with Crippen LogP contribution >= 0.6 is 11.6 Å². The third-order valence-electron chi connectivity index (χ3n) is 2.86. The smallest absolute Gasteiger partial charge is 0.324 e. The van der Waals surface area contributed by atoms with Crippen LogP contribution in [0, 0.1) is 5.92 Å². The molecule has 0 saturated carbocycles. The second kappa shape index (κ2) is 8.36. The van der Waals surface area contributed by atoms with Gasteiger partial charge in [-0.3, -0.25) is 4.79 Å². The first-order valence-electron chi connectivity index (χ1n) is 6.55. The Kier molecular flexibility index (Phi) is 7.14. The van der Waals surface area contributed by atoms with E-state index >= 15 is 0 Å². The molecule has 0 fully saturated rings. The Morgan fingerprint density at radius 1 is 1.33 bits per heavy atom. The van der Waals surface area contributed by atoms with Crippen LogP contribution in [0.25, 0.3) is 0 Å². The Morgan fingerprint density at radius 3 is 2.48 bits per heavy atom. The third kappa shape index (κ3) is 6.46. The topological polar surface area (TPSA) is 72.5 Å². The lowest BCUT2D eigenvalue weighted by Gasteiger charge is -2.18. The molecule has 0 amide bonds. The maximum Gasteiger partial charge on any atom is 0.324 e. The van der Waals surface area contributed by atoms with Crippen LogP contribution in [0.2, 0.25) is 0 Å².